The molecule has 4 aromatic rings. The van der Waals surface area contributed by atoms with Gasteiger partial charge in [-0.1, -0.05) is 12.1 Å². The van der Waals surface area contributed by atoms with E-state index in [2.05, 4.69) is 30.9 Å². The molecule has 3 N–H and O–H groups in total. The average molecular weight is 377 g/mol. The number of nitrogens with one attached hydrogen (secondary N) is 3. The molecule has 5 rings (SSSR count). The molecule has 7 nitrogen and oxygen atoms in total. The highest BCUT2D eigenvalue weighted by atomic mass is 19.1. The summed E-state index contributed by atoms with van der Waals surface area (Å²) in [6, 6.07) is 12.2. The van der Waals surface area contributed by atoms with Gasteiger partial charge in [0, 0.05) is 18.2 Å². The van der Waals surface area contributed by atoms with Gasteiger partial charge in [-0.3, -0.25) is 5.10 Å². The molecule has 0 aliphatic heterocycles. The van der Waals surface area contributed by atoms with Gasteiger partial charge in [0.1, 0.15) is 17.2 Å². The predicted octanol–water partition coefficient (Wildman–Crippen LogP) is 4.39. The molecule has 1 aromatic carbocycles. The lowest BCUT2D eigenvalue weighted by Gasteiger charge is -2.15. The third-order valence-corrected chi connectivity index (χ3v) is 4.95. The van der Waals surface area contributed by atoms with Crippen molar-refractivity contribution in [2.24, 2.45) is 0 Å². The van der Waals surface area contributed by atoms with E-state index in [0.717, 1.165) is 22.6 Å². The third kappa shape index (κ3) is 3.28. The van der Waals surface area contributed by atoms with E-state index in [1.807, 2.05) is 31.3 Å². The second kappa shape index (κ2) is 6.63. The van der Waals surface area contributed by atoms with Crippen LogP contribution in [0.25, 0.3) is 5.52 Å². The number of fused-ring (bicyclic) bond motifs is 1. The Morgan fingerprint density at radius 2 is 2.04 bits per heavy atom. The molecular formula is C20H20FN7. The van der Waals surface area contributed by atoms with Crippen LogP contribution in [-0.2, 0) is 0 Å². The molecule has 1 fully saturated rings. The summed E-state index contributed by atoms with van der Waals surface area (Å²) in [7, 11) is 0. The number of rotatable bonds is 6. The first-order valence-corrected chi connectivity index (χ1v) is 9.35. The molecule has 3 heterocycles. The number of halogens is 1. The van der Waals surface area contributed by atoms with E-state index in [9.17, 15) is 4.39 Å². The summed E-state index contributed by atoms with van der Waals surface area (Å²) in [5, 5.41) is 18.5. The highest BCUT2D eigenvalue weighted by molar-refractivity contribution is 5.73. The largest absolute Gasteiger partial charge is 0.346 e. The summed E-state index contributed by atoms with van der Waals surface area (Å²) < 4.78 is 14.9. The number of aromatic nitrogens is 5. The Labute approximate surface area is 161 Å². The molecule has 0 spiro atoms. The quantitative estimate of drug-likeness (QED) is 0.464. The lowest BCUT2D eigenvalue weighted by molar-refractivity contribution is 0.626. The van der Waals surface area contributed by atoms with Crippen LogP contribution < -0.4 is 10.6 Å². The van der Waals surface area contributed by atoms with E-state index in [-0.39, 0.29) is 11.9 Å². The van der Waals surface area contributed by atoms with Crippen molar-refractivity contribution in [1.29, 1.82) is 0 Å². The van der Waals surface area contributed by atoms with Gasteiger partial charge in [-0.25, -0.2) is 8.91 Å². The number of hydrogen-bond acceptors (Lipinski definition) is 5. The summed E-state index contributed by atoms with van der Waals surface area (Å²) in [6.07, 6.45) is 4.28. The average Bonchev–Trinajstić information content (AvgIpc) is 3.24. The fourth-order valence-corrected chi connectivity index (χ4v) is 3.23. The Balaban J connectivity index is 1.42. The first-order valence-electron chi connectivity index (χ1n) is 9.35. The minimum atomic E-state index is -0.252. The predicted molar refractivity (Wildman–Crippen MR) is 105 cm³/mol. The van der Waals surface area contributed by atoms with Crippen LogP contribution in [0.2, 0.25) is 0 Å². The van der Waals surface area contributed by atoms with Gasteiger partial charge in [-0.2, -0.15) is 10.1 Å². The van der Waals surface area contributed by atoms with Crippen molar-refractivity contribution in [2.45, 2.75) is 31.7 Å². The van der Waals surface area contributed by atoms with E-state index < -0.39 is 0 Å². The standard InChI is InChI=1S/C20H20FN7/c1-12(13-6-8-15(21)9-7-13)22-20-24-19(17-3-2-10-28(17)27-20)23-18-11-16(25-26-18)14-4-5-14/h2-3,6-12,14H,4-5H2,1H3,(H3,22,23,24,25,26,27)/t12-/m0/s1. The maximum absolute atomic E-state index is 13.2. The molecule has 8 heteroatoms. The van der Waals surface area contributed by atoms with Crippen LogP contribution in [0.4, 0.5) is 22.0 Å². The molecule has 0 bridgehead atoms. The van der Waals surface area contributed by atoms with Crippen molar-refractivity contribution in [2.75, 3.05) is 10.6 Å². The van der Waals surface area contributed by atoms with Crippen LogP contribution in [0.15, 0.2) is 48.7 Å². The van der Waals surface area contributed by atoms with E-state index in [0.29, 0.717) is 17.7 Å². The highest BCUT2D eigenvalue weighted by Crippen LogP contribution is 2.39. The molecule has 0 saturated heterocycles. The molecule has 0 amide bonds. The summed E-state index contributed by atoms with van der Waals surface area (Å²) in [6.45, 7) is 1.99. The maximum atomic E-state index is 13.2. The zero-order valence-electron chi connectivity index (χ0n) is 15.4. The number of hydrogen-bond donors (Lipinski definition) is 3. The zero-order chi connectivity index (χ0) is 19.1. The Morgan fingerprint density at radius 1 is 1.21 bits per heavy atom. The van der Waals surface area contributed by atoms with Gasteiger partial charge >= 0.3 is 0 Å². The van der Waals surface area contributed by atoms with Crippen molar-refractivity contribution >= 4 is 23.1 Å². The first kappa shape index (κ1) is 16.7. The van der Waals surface area contributed by atoms with Gasteiger partial charge in [0.25, 0.3) is 0 Å². The summed E-state index contributed by atoms with van der Waals surface area (Å²) >= 11 is 0. The first-order chi connectivity index (χ1) is 13.7. The van der Waals surface area contributed by atoms with Crippen LogP contribution in [-0.4, -0.2) is 24.8 Å². The number of H-pyrrole nitrogens is 1. The topological polar surface area (TPSA) is 82.9 Å². The second-order valence-corrected chi connectivity index (χ2v) is 7.15. The third-order valence-electron chi connectivity index (χ3n) is 4.95. The molecule has 0 unspecified atom stereocenters. The minimum Gasteiger partial charge on any atom is -0.346 e. The molecule has 1 aliphatic rings. The summed E-state index contributed by atoms with van der Waals surface area (Å²) in [5.41, 5.74) is 2.91. The van der Waals surface area contributed by atoms with Gasteiger partial charge < -0.3 is 10.6 Å². The van der Waals surface area contributed by atoms with Crippen molar-refractivity contribution < 1.29 is 4.39 Å². The van der Waals surface area contributed by atoms with Crippen molar-refractivity contribution in [3.05, 3.63) is 65.7 Å². The van der Waals surface area contributed by atoms with Crippen LogP contribution in [0.3, 0.4) is 0 Å². The molecule has 142 valence electrons. The molecule has 3 aromatic heterocycles. The van der Waals surface area contributed by atoms with Gasteiger partial charge in [0.15, 0.2) is 5.82 Å². The lowest BCUT2D eigenvalue weighted by atomic mass is 10.1. The highest BCUT2D eigenvalue weighted by Gasteiger charge is 2.26. The van der Waals surface area contributed by atoms with Crippen molar-refractivity contribution in [3.8, 4) is 0 Å². The van der Waals surface area contributed by atoms with Crippen molar-refractivity contribution in [1.82, 2.24) is 24.8 Å². The fourth-order valence-electron chi connectivity index (χ4n) is 3.23. The number of anilines is 3. The molecule has 1 atom stereocenters. The van der Waals surface area contributed by atoms with Crippen LogP contribution in [0.1, 0.15) is 43.0 Å². The van der Waals surface area contributed by atoms with Gasteiger partial charge in [-0.05, 0) is 49.6 Å². The fraction of sp³-hybridized carbons (Fsp3) is 0.250. The van der Waals surface area contributed by atoms with E-state index in [1.165, 1.54) is 25.0 Å². The van der Waals surface area contributed by atoms with Gasteiger partial charge in [0.2, 0.25) is 5.95 Å². The molecule has 0 radical (unpaired) electrons. The lowest BCUT2D eigenvalue weighted by Crippen LogP contribution is -2.12. The molecule has 1 saturated carbocycles. The van der Waals surface area contributed by atoms with Crippen LogP contribution >= 0.6 is 0 Å². The smallest absolute Gasteiger partial charge is 0.243 e. The summed E-state index contributed by atoms with van der Waals surface area (Å²) in [5.74, 6) is 2.29. The second-order valence-electron chi connectivity index (χ2n) is 7.15. The number of aromatic amines is 1. The Kier molecular flexibility index (Phi) is 3.96. The maximum Gasteiger partial charge on any atom is 0.243 e. The minimum absolute atomic E-state index is 0.0740. The van der Waals surface area contributed by atoms with Crippen LogP contribution in [0, 0.1) is 5.82 Å². The van der Waals surface area contributed by atoms with Gasteiger partial charge in [-0.15, -0.1) is 5.10 Å². The van der Waals surface area contributed by atoms with E-state index in [4.69, 9.17) is 0 Å². The number of benzene rings is 1. The normalized spacial score (nSPS) is 14.9. The van der Waals surface area contributed by atoms with E-state index >= 15 is 0 Å². The van der Waals surface area contributed by atoms with Crippen LogP contribution in [0.5, 0.6) is 0 Å². The summed E-state index contributed by atoms with van der Waals surface area (Å²) in [4.78, 5) is 4.65. The molecular weight excluding hydrogens is 357 g/mol. The molecule has 28 heavy (non-hydrogen) atoms. The Morgan fingerprint density at radius 3 is 2.82 bits per heavy atom. The SMILES string of the molecule is C[C@H](Nc1nc(Nc2cc(C3CC3)n[nH]2)c2cccn2n1)c1ccc(F)cc1. The van der Waals surface area contributed by atoms with Gasteiger partial charge in [0.05, 0.1) is 11.7 Å². The molecule has 1 aliphatic carbocycles. The van der Waals surface area contributed by atoms with Crippen molar-refractivity contribution in [3.63, 3.8) is 0 Å². The van der Waals surface area contributed by atoms with E-state index in [1.54, 1.807) is 16.6 Å². The zero-order valence-corrected chi connectivity index (χ0v) is 15.4. The Bertz CT molecular complexity index is 1110. The number of nitrogens with zero attached hydrogens (tertiary/aromatic N) is 4. The monoisotopic (exact) mass is 377 g/mol. The Hall–Kier alpha value is -3.42.